The Balaban J connectivity index is 1.25. The zero-order valence-corrected chi connectivity index (χ0v) is 28.6. The topological polar surface area (TPSA) is 16.4 Å². The van der Waals surface area contributed by atoms with Crippen molar-refractivity contribution >= 4 is 49.8 Å². The molecule has 2 nitrogen and oxygen atoms in total. The van der Waals surface area contributed by atoms with Gasteiger partial charge in [-0.3, -0.25) is 0 Å². The van der Waals surface area contributed by atoms with Crippen LogP contribution in [0.4, 0.5) is 17.1 Å². The Labute approximate surface area is 297 Å². The van der Waals surface area contributed by atoms with Gasteiger partial charge in [0.1, 0.15) is 11.2 Å². The molecular formula is C49H35NO. The summed E-state index contributed by atoms with van der Waals surface area (Å²) in [5.74, 6) is 0. The number of benzene rings is 8. The van der Waals surface area contributed by atoms with Gasteiger partial charge in [-0.15, -0.1) is 0 Å². The van der Waals surface area contributed by atoms with Gasteiger partial charge in [-0.25, -0.2) is 0 Å². The molecule has 1 heterocycles. The van der Waals surface area contributed by atoms with Crippen LogP contribution in [0.25, 0.3) is 66.1 Å². The molecule has 1 aromatic heterocycles. The minimum Gasteiger partial charge on any atom is -0.456 e. The molecule has 0 saturated carbocycles. The average molecular weight is 654 g/mol. The molecule has 51 heavy (non-hydrogen) atoms. The number of anilines is 3. The van der Waals surface area contributed by atoms with E-state index in [0.717, 1.165) is 38.9 Å². The lowest BCUT2D eigenvalue weighted by molar-refractivity contribution is 0.666. The summed E-state index contributed by atoms with van der Waals surface area (Å²) in [5.41, 5.74) is 15.1. The first-order chi connectivity index (χ1) is 25.1. The van der Waals surface area contributed by atoms with Crippen molar-refractivity contribution in [2.24, 2.45) is 0 Å². The molecule has 0 atom stereocenters. The van der Waals surface area contributed by atoms with Crippen LogP contribution < -0.4 is 4.90 Å². The van der Waals surface area contributed by atoms with Gasteiger partial charge in [0.15, 0.2) is 0 Å². The van der Waals surface area contributed by atoms with Crippen molar-refractivity contribution in [3.63, 3.8) is 0 Å². The lowest BCUT2D eigenvalue weighted by Gasteiger charge is -2.31. The number of nitrogens with zero attached hydrogens (tertiary/aromatic N) is 1. The molecule has 0 N–H and O–H groups in total. The second-order valence-corrected chi connectivity index (χ2v) is 14.1. The summed E-state index contributed by atoms with van der Waals surface area (Å²) in [6, 6.07) is 63.6. The molecule has 1 aliphatic rings. The van der Waals surface area contributed by atoms with Crippen LogP contribution in [-0.4, -0.2) is 0 Å². The maximum Gasteiger partial charge on any atom is 0.136 e. The molecular weight excluding hydrogens is 619 g/mol. The van der Waals surface area contributed by atoms with E-state index in [4.69, 9.17) is 4.42 Å². The normalized spacial score (nSPS) is 13.1. The first kappa shape index (κ1) is 29.5. The molecule has 2 heteroatoms. The molecule has 10 rings (SSSR count). The second-order valence-electron chi connectivity index (χ2n) is 14.1. The molecule has 0 bridgehead atoms. The predicted molar refractivity (Wildman–Crippen MR) is 214 cm³/mol. The SMILES string of the molecule is CC1(C)c2ccccc2-c2c(N(c3ccc(-c4cccc5oc6ccccc6c45)cc3)c3ccccc3-c3ccccc3)cc3ccccc3c21. The fraction of sp³-hybridized carbons (Fsp3) is 0.0612. The number of hydrogen-bond donors (Lipinski definition) is 0. The molecule has 1 aliphatic carbocycles. The minimum absolute atomic E-state index is 0.165. The second kappa shape index (κ2) is 11.3. The van der Waals surface area contributed by atoms with Crippen molar-refractivity contribution in [2.45, 2.75) is 19.3 Å². The number of hydrogen-bond acceptors (Lipinski definition) is 2. The van der Waals surface area contributed by atoms with E-state index >= 15 is 0 Å². The maximum atomic E-state index is 6.26. The quantitative estimate of drug-likeness (QED) is 0.184. The number of rotatable bonds is 5. The maximum absolute atomic E-state index is 6.26. The summed E-state index contributed by atoms with van der Waals surface area (Å²) < 4.78 is 6.26. The summed E-state index contributed by atoms with van der Waals surface area (Å²) in [7, 11) is 0. The Morgan fingerprint density at radius 2 is 1.10 bits per heavy atom. The van der Waals surface area contributed by atoms with Gasteiger partial charge in [0.2, 0.25) is 0 Å². The van der Waals surface area contributed by atoms with Crippen LogP contribution in [0.2, 0.25) is 0 Å². The van der Waals surface area contributed by atoms with E-state index in [-0.39, 0.29) is 5.41 Å². The molecule has 0 radical (unpaired) electrons. The van der Waals surface area contributed by atoms with Crippen LogP contribution >= 0.6 is 0 Å². The number of para-hydroxylation sites is 2. The van der Waals surface area contributed by atoms with Gasteiger partial charge in [-0.2, -0.15) is 0 Å². The van der Waals surface area contributed by atoms with Crippen molar-refractivity contribution in [1.29, 1.82) is 0 Å². The van der Waals surface area contributed by atoms with Gasteiger partial charge in [-0.05, 0) is 80.6 Å². The first-order valence-electron chi connectivity index (χ1n) is 17.7. The van der Waals surface area contributed by atoms with E-state index in [0.29, 0.717) is 0 Å². The Morgan fingerprint density at radius 3 is 1.94 bits per heavy atom. The molecule has 0 saturated heterocycles. The summed E-state index contributed by atoms with van der Waals surface area (Å²) >= 11 is 0. The highest BCUT2D eigenvalue weighted by Crippen LogP contribution is 2.57. The molecule has 242 valence electrons. The van der Waals surface area contributed by atoms with Gasteiger partial charge in [0.25, 0.3) is 0 Å². The first-order valence-corrected chi connectivity index (χ1v) is 17.7. The lowest BCUT2D eigenvalue weighted by atomic mass is 9.80. The monoisotopic (exact) mass is 653 g/mol. The predicted octanol–water partition coefficient (Wildman–Crippen LogP) is 13.8. The average Bonchev–Trinajstić information content (AvgIpc) is 3.68. The third kappa shape index (κ3) is 4.50. The standard InChI is InChI=1S/C49H35NO/c1-49(2)41-23-11-8-20-39(41)47-43(31-34-17-6-7-19-38(34)48(47)49)50(42-24-12-9-18-36(42)32-15-4-3-5-16-32)35-29-27-33(28-30-35)37-22-14-26-45-46(37)40-21-10-13-25-44(40)51-45/h3-31H,1-2H3. The van der Waals surface area contributed by atoms with E-state index in [9.17, 15) is 0 Å². The molecule has 0 unspecified atom stereocenters. The zero-order valence-electron chi connectivity index (χ0n) is 28.6. The third-order valence-electron chi connectivity index (χ3n) is 10.8. The fourth-order valence-electron chi connectivity index (χ4n) is 8.56. The van der Waals surface area contributed by atoms with Crippen molar-refractivity contribution in [2.75, 3.05) is 4.90 Å². The van der Waals surface area contributed by atoms with E-state index in [1.165, 1.54) is 55.4 Å². The highest BCUT2D eigenvalue weighted by Gasteiger charge is 2.39. The van der Waals surface area contributed by atoms with Gasteiger partial charge < -0.3 is 9.32 Å². The Morgan fingerprint density at radius 1 is 0.471 bits per heavy atom. The Bertz CT molecular complexity index is 2770. The molecule has 9 aromatic rings. The van der Waals surface area contributed by atoms with Crippen LogP contribution in [0.15, 0.2) is 180 Å². The van der Waals surface area contributed by atoms with E-state index in [1.54, 1.807) is 0 Å². The van der Waals surface area contributed by atoms with Crippen molar-refractivity contribution in [3.05, 3.63) is 187 Å². The fourth-order valence-corrected chi connectivity index (χ4v) is 8.56. The van der Waals surface area contributed by atoms with Gasteiger partial charge in [-0.1, -0.05) is 153 Å². The number of fused-ring (bicyclic) bond motifs is 8. The summed E-state index contributed by atoms with van der Waals surface area (Å²) in [5, 5.41) is 4.84. The Kier molecular flexibility index (Phi) is 6.56. The van der Waals surface area contributed by atoms with Gasteiger partial charge >= 0.3 is 0 Å². The minimum atomic E-state index is -0.165. The summed E-state index contributed by atoms with van der Waals surface area (Å²) in [6.45, 7) is 4.76. The number of furan rings is 1. The highest BCUT2D eigenvalue weighted by atomic mass is 16.3. The van der Waals surface area contributed by atoms with E-state index < -0.39 is 0 Å². The lowest BCUT2D eigenvalue weighted by Crippen LogP contribution is -2.17. The molecule has 8 aromatic carbocycles. The van der Waals surface area contributed by atoms with Crippen molar-refractivity contribution in [1.82, 2.24) is 0 Å². The third-order valence-corrected chi connectivity index (χ3v) is 10.8. The van der Waals surface area contributed by atoms with Crippen LogP contribution in [0.1, 0.15) is 25.0 Å². The highest BCUT2D eigenvalue weighted by molar-refractivity contribution is 6.12. The van der Waals surface area contributed by atoms with Crippen LogP contribution in [0.5, 0.6) is 0 Å². The van der Waals surface area contributed by atoms with E-state index in [2.05, 4.69) is 183 Å². The molecule has 0 aliphatic heterocycles. The molecule has 0 spiro atoms. The Hall–Kier alpha value is -6.38. The zero-order chi connectivity index (χ0) is 34.1. The van der Waals surface area contributed by atoms with Crippen molar-refractivity contribution in [3.8, 4) is 33.4 Å². The van der Waals surface area contributed by atoms with Gasteiger partial charge in [0, 0.05) is 33.0 Å². The van der Waals surface area contributed by atoms with Gasteiger partial charge in [0.05, 0.1) is 11.4 Å². The summed E-state index contributed by atoms with van der Waals surface area (Å²) in [6.07, 6.45) is 0. The largest absolute Gasteiger partial charge is 0.456 e. The molecule has 0 amide bonds. The van der Waals surface area contributed by atoms with Crippen LogP contribution in [-0.2, 0) is 5.41 Å². The smallest absolute Gasteiger partial charge is 0.136 e. The molecule has 0 fully saturated rings. The van der Waals surface area contributed by atoms with Crippen LogP contribution in [0.3, 0.4) is 0 Å². The van der Waals surface area contributed by atoms with Crippen LogP contribution in [0, 0.1) is 0 Å². The van der Waals surface area contributed by atoms with E-state index in [1.807, 2.05) is 12.1 Å². The summed E-state index contributed by atoms with van der Waals surface area (Å²) in [4.78, 5) is 2.49. The van der Waals surface area contributed by atoms with Crippen molar-refractivity contribution < 1.29 is 4.42 Å².